The van der Waals surface area contributed by atoms with Crippen molar-refractivity contribution in [1.82, 2.24) is 14.9 Å². The quantitative estimate of drug-likeness (QED) is 0.487. The summed E-state index contributed by atoms with van der Waals surface area (Å²) in [4.78, 5) is 17.0. The van der Waals surface area contributed by atoms with Gasteiger partial charge in [-0.05, 0) is 43.7 Å². The van der Waals surface area contributed by atoms with Gasteiger partial charge in [0, 0.05) is 31.1 Å². The fourth-order valence-electron chi connectivity index (χ4n) is 3.19. The number of halogens is 2. The van der Waals surface area contributed by atoms with E-state index in [2.05, 4.69) is 10.3 Å². The molecule has 0 spiro atoms. The molecule has 1 unspecified atom stereocenters. The molecule has 0 fully saturated rings. The first-order chi connectivity index (χ1) is 15.3. The van der Waals surface area contributed by atoms with Crippen molar-refractivity contribution in [3.05, 3.63) is 82.7 Å². The zero-order chi connectivity index (χ0) is 23.3. The van der Waals surface area contributed by atoms with Gasteiger partial charge in [0.25, 0.3) is 0 Å². The third-order valence-corrected chi connectivity index (χ3v) is 4.93. The molecule has 1 heterocycles. The summed E-state index contributed by atoms with van der Waals surface area (Å²) in [7, 11) is 3.30. The molecular weight excluding hydrogens is 433 g/mol. The first-order valence-electron chi connectivity index (χ1n) is 10.0. The van der Waals surface area contributed by atoms with Crippen molar-refractivity contribution < 1.29 is 18.7 Å². The molecule has 1 aromatic heterocycles. The van der Waals surface area contributed by atoms with Gasteiger partial charge >= 0.3 is 0 Å². The SMILES string of the molecule is COc1cc(/C=C/C(=O)NC(c2ccccc2F)c2nccn2C)cc(Cl)c1OC(C)C. The van der Waals surface area contributed by atoms with Gasteiger partial charge in [-0.1, -0.05) is 29.8 Å². The summed E-state index contributed by atoms with van der Waals surface area (Å²) in [6, 6.07) is 8.93. The molecule has 32 heavy (non-hydrogen) atoms. The summed E-state index contributed by atoms with van der Waals surface area (Å²) in [5.41, 5.74) is 0.973. The number of methoxy groups -OCH3 is 1. The number of imidazole rings is 1. The summed E-state index contributed by atoms with van der Waals surface area (Å²) in [6.45, 7) is 3.78. The molecule has 0 aliphatic carbocycles. The molecule has 0 aliphatic rings. The number of aryl methyl sites for hydroxylation is 1. The van der Waals surface area contributed by atoms with Crippen LogP contribution in [-0.4, -0.2) is 28.7 Å². The summed E-state index contributed by atoms with van der Waals surface area (Å²) >= 11 is 6.35. The maximum atomic E-state index is 14.5. The van der Waals surface area contributed by atoms with Crippen LogP contribution in [0.15, 0.2) is 54.9 Å². The average Bonchev–Trinajstić information content (AvgIpc) is 3.18. The van der Waals surface area contributed by atoms with Crippen molar-refractivity contribution in [2.75, 3.05) is 7.11 Å². The second-order valence-corrected chi connectivity index (χ2v) is 7.80. The van der Waals surface area contributed by atoms with E-state index in [1.165, 1.54) is 19.3 Å². The van der Waals surface area contributed by atoms with Crippen molar-refractivity contribution in [2.45, 2.75) is 26.0 Å². The van der Waals surface area contributed by atoms with E-state index < -0.39 is 17.8 Å². The summed E-state index contributed by atoms with van der Waals surface area (Å²) in [5.74, 6) is 0.571. The number of ether oxygens (including phenoxy) is 2. The van der Waals surface area contributed by atoms with Crippen molar-refractivity contribution in [1.29, 1.82) is 0 Å². The van der Waals surface area contributed by atoms with Gasteiger partial charge in [0.15, 0.2) is 11.5 Å². The van der Waals surface area contributed by atoms with Crippen LogP contribution in [-0.2, 0) is 11.8 Å². The molecule has 3 aromatic rings. The van der Waals surface area contributed by atoms with Crippen LogP contribution in [0.25, 0.3) is 6.08 Å². The molecular formula is C24H25ClFN3O3. The topological polar surface area (TPSA) is 65.4 Å². The van der Waals surface area contributed by atoms with Crippen LogP contribution in [0.4, 0.5) is 4.39 Å². The van der Waals surface area contributed by atoms with Crippen LogP contribution in [0.5, 0.6) is 11.5 Å². The zero-order valence-corrected chi connectivity index (χ0v) is 19.1. The molecule has 0 saturated carbocycles. The Bertz CT molecular complexity index is 1130. The fourth-order valence-corrected chi connectivity index (χ4v) is 3.46. The van der Waals surface area contributed by atoms with E-state index in [4.69, 9.17) is 21.1 Å². The Morgan fingerprint density at radius 2 is 2.03 bits per heavy atom. The molecule has 168 valence electrons. The van der Waals surface area contributed by atoms with Crippen molar-refractivity contribution in [3.8, 4) is 11.5 Å². The molecule has 0 aliphatic heterocycles. The highest BCUT2D eigenvalue weighted by Gasteiger charge is 2.22. The number of rotatable bonds is 8. The van der Waals surface area contributed by atoms with Crippen LogP contribution in [0.2, 0.25) is 5.02 Å². The van der Waals surface area contributed by atoms with Crippen molar-refractivity contribution in [2.24, 2.45) is 7.05 Å². The van der Waals surface area contributed by atoms with Crippen molar-refractivity contribution >= 4 is 23.6 Å². The van der Waals surface area contributed by atoms with Gasteiger partial charge < -0.3 is 19.4 Å². The molecule has 0 bridgehead atoms. The predicted molar refractivity (Wildman–Crippen MR) is 122 cm³/mol. The minimum atomic E-state index is -0.756. The molecule has 1 N–H and O–H groups in total. The molecule has 8 heteroatoms. The first kappa shape index (κ1) is 23.3. The third kappa shape index (κ3) is 5.48. The highest BCUT2D eigenvalue weighted by Crippen LogP contribution is 2.37. The number of hydrogen-bond acceptors (Lipinski definition) is 4. The number of nitrogens with zero attached hydrogens (tertiary/aromatic N) is 2. The lowest BCUT2D eigenvalue weighted by molar-refractivity contribution is -0.117. The van der Waals surface area contributed by atoms with Gasteiger partial charge in [0.05, 0.1) is 18.2 Å². The van der Waals surface area contributed by atoms with E-state index in [9.17, 15) is 9.18 Å². The minimum Gasteiger partial charge on any atom is -0.493 e. The maximum absolute atomic E-state index is 14.5. The van der Waals surface area contributed by atoms with Gasteiger partial charge in [0.1, 0.15) is 17.7 Å². The van der Waals surface area contributed by atoms with Gasteiger partial charge in [-0.25, -0.2) is 9.37 Å². The predicted octanol–water partition coefficient (Wildman–Crippen LogP) is 4.93. The number of carbonyl (C=O) groups is 1. The molecule has 0 saturated heterocycles. The number of hydrogen-bond donors (Lipinski definition) is 1. The Labute approximate surface area is 191 Å². The zero-order valence-electron chi connectivity index (χ0n) is 18.3. The Morgan fingerprint density at radius 3 is 2.66 bits per heavy atom. The number of benzene rings is 2. The summed E-state index contributed by atoms with van der Waals surface area (Å²) < 4.78 is 27.3. The Kier molecular flexibility index (Phi) is 7.53. The van der Waals surface area contributed by atoms with E-state index in [1.54, 1.807) is 60.4 Å². The minimum absolute atomic E-state index is 0.0741. The van der Waals surface area contributed by atoms with Gasteiger partial charge in [0.2, 0.25) is 5.91 Å². The molecule has 1 amide bonds. The third-order valence-electron chi connectivity index (χ3n) is 4.65. The fraction of sp³-hybridized carbons (Fsp3) is 0.250. The second-order valence-electron chi connectivity index (χ2n) is 7.39. The molecule has 6 nitrogen and oxygen atoms in total. The lowest BCUT2D eigenvalue weighted by Gasteiger charge is -2.19. The molecule has 1 atom stereocenters. The highest BCUT2D eigenvalue weighted by molar-refractivity contribution is 6.32. The van der Waals surface area contributed by atoms with Gasteiger partial charge in [-0.3, -0.25) is 4.79 Å². The highest BCUT2D eigenvalue weighted by atomic mass is 35.5. The second kappa shape index (κ2) is 10.3. The van der Waals surface area contributed by atoms with Crippen molar-refractivity contribution in [3.63, 3.8) is 0 Å². The number of carbonyl (C=O) groups excluding carboxylic acids is 1. The van der Waals surface area contributed by atoms with E-state index in [-0.39, 0.29) is 6.10 Å². The summed E-state index contributed by atoms with van der Waals surface area (Å²) in [6.07, 6.45) is 6.21. The number of nitrogens with one attached hydrogen (secondary N) is 1. The average molecular weight is 458 g/mol. The largest absolute Gasteiger partial charge is 0.493 e. The maximum Gasteiger partial charge on any atom is 0.244 e. The standard InChI is InChI=1S/C24H25ClFN3O3/c1-15(2)32-23-18(25)13-16(14-20(23)31-4)9-10-21(30)28-22(24-27-11-12-29(24)3)17-7-5-6-8-19(17)26/h5-15,22H,1-4H3,(H,28,30)/b10-9+. The van der Waals surface area contributed by atoms with Crippen LogP contribution in [0.1, 0.15) is 36.8 Å². The Morgan fingerprint density at radius 1 is 1.28 bits per heavy atom. The number of amides is 1. The molecule has 2 aromatic carbocycles. The number of aromatic nitrogens is 2. The Balaban J connectivity index is 1.85. The molecule has 3 rings (SSSR count). The van der Waals surface area contributed by atoms with Crippen LogP contribution in [0.3, 0.4) is 0 Å². The van der Waals surface area contributed by atoms with Crippen LogP contribution < -0.4 is 14.8 Å². The van der Waals surface area contributed by atoms with Gasteiger partial charge in [-0.2, -0.15) is 0 Å². The lowest BCUT2D eigenvalue weighted by atomic mass is 10.1. The summed E-state index contributed by atoms with van der Waals surface area (Å²) in [5, 5.41) is 3.20. The Hall–Kier alpha value is -3.32. The van der Waals surface area contributed by atoms with E-state index in [0.717, 1.165) is 0 Å². The van der Waals surface area contributed by atoms with E-state index in [1.807, 2.05) is 13.8 Å². The van der Waals surface area contributed by atoms with E-state index in [0.29, 0.717) is 33.5 Å². The van der Waals surface area contributed by atoms with Crippen LogP contribution in [0, 0.1) is 5.82 Å². The normalized spacial score (nSPS) is 12.2. The van der Waals surface area contributed by atoms with Gasteiger partial charge in [-0.15, -0.1) is 0 Å². The smallest absolute Gasteiger partial charge is 0.244 e. The lowest BCUT2D eigenvalue weighted by Crippen LogP contribution is -2.30. The van der Waals surface area contributed by atoms with E-state index >= 15 is 0 Å². The monoisotopic (exact) mass is 457 g/mol. The van der Waals surface area contributed by atoms with Crippen LogP contribution >= 0.6 is 11.6 Å². The molecule has 0 radical (unpaired) electrons. The first-order valence-corrected chi connectivity index (χ1v) is 10.4.